The van der Waals surface area contributed by atoms with Crippen LogP contribution >= 0.6 is 11.3 Å². The fourth-order valence-corrected chi connectivity index (χ4v) is 1.19. The number of nitrogens with two attached hydrogens (primary N) is 1. The van der Waals surface area contributed by atoms with Gasteiger partial charge in [-0.05, 0) is 0 Å². The average Bonchev–Trinajstić information content (AvgIpc) is 2.15. The van der Waals surface area contributed by atoms with Crippen LogP contribution in [0.3, 0.4) is 0 Å². The first kappa shape index (κ1) is 7.01. The van der Waals surface area contributed by atoms with Gasteiger partial charge in [0.2, 0.25) is 5.91 Å². The minimum atomic E-state index is -0.420. The lowest BCUT2D eigenvalue weighted by Gasteiger charge is -1.94. The summed E-state index contributed by atoms with van der Waals surface area (Å²) in [5, 5.41) is 8.96. The molecule has 4 nitrogen and oxygen atoms in total. The van der Waals surface area contributed by atoms with Crippen LogP contribution in [0.15, 0.2) is 11.6 Å². The number of nitrogens with zero attached hydrogens (tertiary/aromatic N) is 1. The molecule has 3 N–H and O–H groups in total. The lowest BCUT2D eigenvalue weighted by Crippen LogP contribution is -2.23. The molecule has 5 heteroatoms. The van der Waals surface area contributed by atoms with Gasteiger partial charge in [0.1, 0.15) is 6.54 Å². The third-order valence-electron chi connectivity index (χ3n) is 1.01. The van der Waals surface area contributed by atoms with E-state index in [1.807, 2.05) is 0 Å². The standard InChI is InChI=1S/C5H7N3OS/c6-4(9)3-8-1-2-10-5(8)7/h1-2,7H,3H2,(H2,6,9). The zero-order valence-electron chi connectivity index (χ0n) is 5.20. The summed E-state index contributed by atoms with van der Waals surface area (Å²) in [4.78, 5) is 10.7. The van der Waals surface area contributed by atoms with Crippen molar-refractivity contribution in [1.29, 1.82) is 5.41 Å². The van der Waals surface area contributed by atoms with E-state index in [0.717, 1.165) is 0 Å². The number of amides is 1. The number of hydrogen-bond donors (Lipinski definition) is 2. The van der Waals surface area contributed by atoms with Crippen molar-refractivity contribution in [1.82, 2.24) is 4.57 Å². The van der Waals surface area contributed by atoms with Crippen molar-refractivity contribution in [2.45, 2.75) is 6.54 Å². The van der Waals surface area contributed by atoms with Crippen molar-refractivity contribution in [3.63, 3.8) is 0 Å². The van der Waals surface area contributed by atoms with Crippen molar-refractivity contribution < 1.29 is 4.79 Å². The van der Waals surface area contributed by atoms with E-state index in [4.69, 9.17) is 11.1 Å². The Kier molecular flexibility index (Phi) is 1.86. The summed E-state index contributed by atoms with van der Waals surface area (Å²) in [5.41, 5.74) is 4.91. The Morgan fingerprint density at radius 1 is 1.90 bits per heavy atom. The summed E-state index contributed by atoms with van der Waals surface area (Å²) >= 11 is 1.27. The number of primary amides is 1. The molecule has 1 rings (SSSR count). The minimum Gasteiger partial charge on any atom is -0.368 e. The summed E-state index contributed by atoms with van der Waals surface area (Å²) in [6.45, 7) is 0.0995. The maximum atomic E-state index is 10.3. The molecule has 0 aliphatic rings. The van der Waals surface area contributed by atoms with E-state index >= 15 is 0 Å². The molecule has 54 valence electrons. The van der Waals surface area contributed by atoms with Crippen LogP contribution in [0.5, 0.6) is 0 Å². The third-order valence-corrected chi connectivity index (χ3v) is 1.72. The van der Waals surface area contributed by atoms with Crippen LogP contribution in [0.25, 0.3) is 0 Å². The fourth-order valence-electron chi connectivity index (χ4n) is 0.596. The van der Waals surface area contributed by atoms with Crippen LogP contribution < -0.4 is 10.5 Å². The van der Waals surface area contributed by atoms with E-state index < -0.39 is 5.91 Å². The number of aromatic nitrogens is 1. The highest BCUT2D eigenvalue weighted by Crippen LogP contribution is 1.87. The second-order valence-electron chi connectivity index (χ2n) is 1.80. The molecule has 1 heterocycles. The van der Waals surface area contributed by atoms with E-state index in [2.05, 4.69) is 0 Å². The van der Waals surface area contributed by atoms with Crippen LogP contribution in [0.4, 0.5) is 0 Å². The Labute approximate surface area is 61.4 Å². The van der Waals surface area contributed by atoms with Gasteiger partial charge in [0.05, 0.1) is 0 Å². The van der Waals surface area contributed by atoms with E-state index in [1.54, 1.807) is 11.6 Å². The molecule has 0 saturated carbocycles. The van der Waals surface area contributed by atoms with E-state index in [9.17, 15) is 4.79 Å². The summed E-state index contributed by atoms with van der Waals surface area (Å²) in [5.74, 6) is -0.420. The van der Waals surface area contributed by atoms with Crippen LogP contribution in [0, 0.1) is 5.41 Å². The molecule has 0 aromatic carbocycles. The van der Waals surface area contributed by atoms with E-state index in [1.165, 1.54) is 15.9 Å². The predicted molar refractivity (Wildman–Crippen MR) is 37.4 cm³/mol. The molecular weight excluding hydrogens is 150 g/mol. The van der Waals surface area contributed by atoms with Crippen molar-refractivity contribution in [3.05, 3.63) is 16.4 Å². The Morgan fingerprint density at radius 3 is 3.00 bits per heavy atom. The molecule has 0 unspecified atom stereocenters. The highest BCUT2D eigenvalue weighted by atomic mass is 32.1. The molecule has 0 saturated heterocycles. The number of carbonyl (C=O) groups is 1. The number of hydrogen-bond acceptors (Lipinski definition) is 3. The van der Waals surface area contributed by atoms with Gasteiger partial charge in [0.25, 0.3) is 0 Å². The van der Waals surface area contributed by atoms with E-state index in [-0.39, 0.29) is 6.54 Å². The van der Waals surface area contributed by atoms with Crippen LogP contribution in [-0.4, -0.2) is 10.5 Å². The SMILES string of the molecule is N=c1sccn1CC(N)=O. The van der Waals surface area contributed by atoms with Crippen LogP contribution in [0.2, 0.25) is 0 Å². The topological polar surface area (TPSA) is 71.9 Å². The zero-order valence-corrected chi connectivity index (χ0v) is 6.02. The van der Waals surface area contributed by atoms with Gasteiger partial charge in [0.15, 0.2) is 4.80 Å². The molecule has 1 aromatic rings. The predicted octanol–water partition coefficient (Wildman–Crippen LogP) is -0.486. The van der Waals surface area contributed by atoms with Gasteiger partial charge in [0, 0.05) is 11.6 Å². The third kappa shape index (κ3) is 1.44. The highest BCUT2D eigenvalue weighted by molar-refractivity contribution is 7.06. The lowest BCUT2D eigenvalue weighted by molar-refractivity contribution is -0.118. The summed E-state index contributed by atoms with van der Waals surface area (Å²) in [6, 6.07) is 0. The summed E-state index contributed by atoms with van der Waals surface area (Å²) in [7, 11) is 0. The van der Waals surface area contributed by atoms with Gasteiger partial charge >= 0.3 is 0 Å². The number of nitrogens with one attached hydrogen (secondary N) is 1. The maximum Gasteiger partial charge on any atom is 0.237 e. The number of thiazole rings is 1. The molecule has 1 amide bonds. The van der Waals surface area contributed by atoms with Crippen LogP contribution in [-0.2, 0) is 11.3 Å². The Bertz CT molecular complexity index is 287. The maximum absolute atomic E-state index is 10.3. The summed E-state index contributed by atoms with van der Waals surface area (Å²) < 4.78 is 1.49. The molecule has 0 aliphatic carbocycles. The first-order valence-electron chi connectivity index (χ1n) is 2.67. The van der Waals surface area contributed by atoms with Gasteiger partial charge < -0.3 is 10.3 Å². The monoisotopic (exact) mass is 157 g/mol. The first-order chi connectivity index (χ1) is 4.70. The Balaban J connectivity index is 2.85. The molecule has 0 aliphatic heterocycles. The Morgan fingerprint density at radius 2 is 2.60 bits per heavy atom. The van der Waals surface area contributed by atoms with Gasteiger partial charge in [-0.1, -0.05) is 0 Å². The molecule has 0 spiro atoms. The number of rotatable bonds is 2. The minimum absolute atomic E-state index is 0.0995. The van der Waals surface area contributed by atoms with Gasteiger partial charge in [-0.15, -0.1) is 11.3 Å². The Hall–Kier alpha value is -1.10. The first-order valence-corrected chi connectivity index (χ1v) is 3.55. The molecule has 10 heavy (non-hydrogen) atoms. The zero-order chi connectivity index (χ0) is 7.56. The summed E-state index contributed by atoms with van der Waals surface area (Å²) in [6.07, 6.45) is 1.66. The normalized spacial score (nSPS) is 9.60. The molecular formula is C5H7N3OS. The molecule has 0 atom stereocenters. The average molecular weight is 157 g/mol. The van der Waals surface area contributed by atoms with E-state index in [0.29, 0.717) is 4.80 Å². The second-order valence-corrected chi connectivity index (χ2v) is 2.70. The van der Waals surface area contributed by atoms with Gasteiger partial charge in [-0.25, -0.2) is 0 Å². The molecule has 1 aromatic heterocycles. The van der Waals surface area contributed by atoms with Crippen molar-refractivity contribution in [3.8, 4) is 0 Å². The van der Waals surface area contributed by atoms with Crippen molar-refractivity contribution in [2.24, 2.45) is 5.73 Å². The second kappa shape index (κ2) is 2.66. The van der Waals surface area contributed by atoms with Crippen molar-refractivity contribution >= 4 is 17.2 Å². The quantitative estimate of drug-likeness (QED) is 0.597. The number of carbonyl (C=O) groups excluding carboxylic acids is 1. The lowest BCUT2D eigenvalue weighted by atomic mass is 10.6. The highest BCUT2D eigenvalue weighted by Gasteiger charge is 1.96. The van der Waals surface area contributed by atoms with Crippen LogP contribution in [0.1, 0.15) is 0 Å². The molecule has 0 fully saturated rings. The molecule has 0 bridgehead atoms. The van der Waals surface area contributed by atoms with Gasteiger partial charge in [-0.2, -0.15) is 0 Å². The fraction of sp³-hybridized carbons (Fsp3) is 0.200. The smallest absolute Gasteiger partial charge is 0.237 e. The van der Waals surface area contributed by atoms with Crippen molar-refractivity contribution in [2.75, 3.05) is 0 Å². The largest absolute Gasteiger partial charge is 0.368 e. The van der Waals surface area contributed by atoms with Gasteiger partial charge in [-0.3, -0.25) is 10.2 Å². The molecule has 0 radical (unpaired) electrons.